The number of ether oxygens (including phenoxy) is 2. The summed E-state index contributed by atoms with van der Waals surface area (Å²) >= 11 is 0. The van der Waals surface area contributed by atoms with Gasteiger partial charge in [0.05, 0.1) is 14.2 Å². The summed E-state index contributed by atoms with van der Waals surface area (Å²) in [4.78, 5) is 10.8. The Bertz CT molecular complexity index is 720. The summed E-state index contributed by atoms with van der Waals surface area (Å²) < 4.78 is 11.4. The average molecular weight is 342 g/mol. The first kappa shape index (κ1) is 18.8. The molecular formula is C21H26O4. The van der Waals surface area contributed by atoms with Crippen LogP contribution >= 0.6 is 0 Å². The summed E-state index contributed by atoms with van der Waals surface area (Å²) in [5.74, 6) is 1.10. The number of carboxylic acids is 1. The lowest BCUT2D eigenvalue weighted by molar-refractivity contribution is -0.137. The van der Waals surface area contributed by atoms with Gasteiger partial charge in [0.25, 0.3) is 0 Å². The number of carbonyl (C=O) groups is 1. The van der Waals surface area contributed by atoms with Crippen molar-refractivity contribution >= 4 is 5.97 Å². The van der Waals surface area contributed by atoms with Gasteiger partial charge in [0, 0.05) is 17.5 Å². The molecule has 0 saturated carbocycles. The predicted molar refractivity (Wildman–Crippen MR) is 99.6 cm³/mol. The zero-order valence-electron chi connectivity index (χ0n) is 15.3. The van der Waals surface area contributed by atoms with E-state index in [9.17, 15) is 4.79 Å². The number of carboxylic acid groups (broad SMARTS) is 1. The van der Waals surface area contributed by atoms with Gasteiger partial charge in [-0.1, -0.05) is 44.2 Å². The number of aryl methyl sites for hydroxylation is 1. The maximum Gasteiger partial charge on any atom is 0.303 e. The SMILES string of the molecule is COc1cc(CCCC(=O)O)c(OC)c(-c2ccccc2)c1C(C)C. The highest BCUT2D eigenvalue weighted by molar-refractivity contribution is 5.79. The molecule has 134 valence electrons. The largest absolute Gasteiger partial charge is 0.496 e. The number of hydrogen-bond acceptors (Lipinski definition) is 3. The molecule has 0 bridgehead atoms. The Labute approximate surface area is 149 Å². The number of methoxy groups -OCH3 is 2. The van der Waals surface area contributed by atoms with Crippen molar-refractivity contribution in [2.24, 2.45) is 0 Å². The molecule has 0 aliphatic heterocycles. The van der Waals surface area contributed by atoms with Gasteiger partial charge in [0.2, 0.25) is 0 Å². The smallest absolute Gasteiger partial charge is 0.303 e. The normalized spacial score (nSPS) is 10.8. The lowest BCUT2D eigenvalue weighted by Gasteiger charge is -2.23. The summed E-state index contributed by atoms with van der Waals surface area (Å²) in [6.45, 7) is 4.27. The number of rotatable bonds is 8. The van der Waals surface area contributed by atoms with Gasteiger partial charge in [-0.25, -0.2) is 0 Å². The maximum atomic E-state index is 10.8. The first-order valence-electron chi connectivity index (χ1n) is 8.54. The summed E-state index contributed by atoms with van der Waals surface area (Å²) in [6.07, 6.45) is 1.33. The van der Waals surface area contributed by atoms with E-state index in [4.69, 9.17) is 14.6 Å². The van der Waals surface area contributed by atoms with Crippen LogP contribution in [0.4, 0.5) is 0 Å². The monoisotopic (exact) mass is 342 g/mol. The van der Waals surface area contributed by atoms with E-state index in [1.807, 2.05) is 24.3 Å². The fourth-order valence-electron chi connectivity index (χ4n) is 3.19. The van der Waals surface area contributed by atoms with Crippen molar-refractivity contribution in [1.82, 2.24) is 0 Å². The molecule has 2 rings (SSSR count). The Morgan fingerprint density at radius 3 is 2.32 bits per heavy atom. The van der Waals surface area contributed by atoms with Gasteiger partial charge in [-0.2, -0.15) is 0 Å². The second-order valence-corrected chi connectivity index (χ2v) is 6.33. The van der Waals surface area contributed by atoms with E-state index in [-0.39, 0.29) is 12.3 Å². The van der Waals surface area contributed by atoms with Crippen LogP contribution in [0.1, 0.15) is 43.7 Å². The minimum atomic E-state index is -0.784. The number of benzene rings is 2. The molecule has 0 spiro atoms. The number of hydrogen-bond donors (Lipinski definition) is 1. The topological polar surface area (TPSA) is 55.8 Å². The molecule has 0 amide bonds. The van der Waals surface area contributed by atoms with E-state index >= 15 is 0 Å². The highest BCUT2D eigenvalue weighted by atomic mass is 16.5. The fourth-order valence-corrected chi connectivity index (χ4v) is 3.19. The van der Waals surface area contributed by atoms with Crippen molar-refractivity contribution in [3.8, 4) is 22.6 Å². The van der Waals surface area contributed by atoms with Crippen LogP contribution in [0, 0.1) is 0 Å². The Hall–Kier alpha value is -2.49. The first-order valence-corrected chi connectivity index (χ1v) is 8.54. The molecule has 0 atom stereocenters. The van der Waals surface area contributed by atoms with E-state index in [0.717, 1.165) is 33.8 Å². The van der Waals surface area contributed by atoms with Crippen LogP contribution in [0.3, 0.4) is 0 Å². The molecule has 2 aromatic rings. The molecular weight excluding hydrogens is 316 g/mol. The molecule has 0 aromatic heterocycles. The number of aliphatic carboxylic acids is 1. The molecule has 0 aliphatic carbocycles. The minimum Gasteiger partial charge on any atom is -0.496 e. The van der Waals surface area contributed by atoms with Crippen molar-refractivity contribution in [1.29, 1.82) is 0 Å². The van der Waals surface area contributed by atoms with Crippen LogP contribution in [-0.2, 0) is 11.2 Å². The quantitative estimate of drug-likeness (QED) is 0.741. The molecule has 4 nitrogen and oxygen atoms in total. The summed E-state index contributed by atoms with van der Waals surface area (Å²) in [5.41, 5.74) is 4.18. The third-order valence-electron chi connectivity index (χ3n) is 4.26. The third-order valence-corrected chi connectivity index (χ3v) is 4.26. The van der Waals surface area contributed by atoms with Gasteiger partial charge in [-0.05, 0) is 36.0 Å². The van der Waals surface area contributed by atoms with Crippen LogP contribution in [0.25, 0.3) is 11.1 Å². The first-order chi connectivity index (χ1) is 12.0. The van der Waals surface area contributed by atoms with Gasteiger partial charge in [-0.3, -0.25) is 4.79 Å². The van der Waals surface area contributed by atoms with Gasteiger partial charge in [-0.15, -0.1) is 0 Å². The zero-order valence-corrected chi connectivity index (χ0v) is 15.3. The third kappa shape index (κ3) is 4.32. The summed E-state index contributed by atoms with van der Waals surface area (Å²) in [5, 5.41) is 8.91. The van der Waals surface area contributed by atoms with Gasteiger partial charge >= 0.3 is 5.97 Å². The summed E-state index contributed by atoms with van der Waals surface area (Å²) in [6, 6.07) is 12.1. The van der Waals surface area contributed by atoms with E-state index in [1.165, 1.54) is 0 Å². The summed E-state index contributed by atoms with van der Waals surface area (Å²) in [7, 11) is 3.34. The van der Waals surface area contributed by atoms with Crippen LogP contribution in [0.2, 0.25) is 0 Å². The molecule has 2 aromatic carbocycles. The second-order valence-electron chi connectivity index (χ2n) is 6.33. The van der Waals surface area contributed by atoms with E-state index in [1.54, 1.807) is 14.2 Å². The average Bonchev–Trinajstić information content (AvgIpc) is 2.60. The standard InChI is InChI=1S/C21H26O4/c1-14(2)19-17(24-3)13-16(11-8-12-18(22)23)21(25-4)20(19)15-9-6-5-7-10-15/h5-7,9-10,13-14H,8,11-12H2,1-4H3,(H,22,23). The molecule has 0 saturated heterocycles. The Morgan fingerprint density at radius 2 is 1.80 bits per heavy atom. The molecule has 0 radical (unpaired) electrons. The van der Waals surface area contributed by atoms with Crippen molar-refractivity contribution in [2.75, 3.05) is 14.2 Å². The van der Waals surface area contributed by atoms with Crippen LogP contribution < -0.4 is 9.47 Å². The molecule has 25 heavy (non-hydrogen) atoms. The Balaban J connectivity index is 2.64. The van der Waals surface area contributed by atoms with Crippen LogP contribution in [-0.4, -0.2) is 25.3 Å². The van der Waals surface area contributed by atoms with Crippen molar-refractivity contribution in [3.63, 3.8) is 0 Å². The highest BCUT2D eigenvalue weighted by Gasteiger charge is 2.22. The van der Waals surface area contributed by atoms with Gasteiger partial charge in [0.1, 0.15) is 11.5 Å². The van der Waals surface area contributed by atoms with Crippen LogP contribution in [0.5, 0.6) is 11.5 Å². The molecule has 1 N–H and O–H groups in total. The molecule has 0 heterocycles. The maximum absolute atomic E-state index is 10.8. The second kappa shape index (κ2) is 8.56. The Morgan fingerprint density at radius 1 is 1.12 bits per heavy atom. The molecule has 0 unspecified atom stereocenters. The Kier molecular flexibility index (Phi) is 6.45. The van der Waals surface area contributed by atoms with E-state index in [0.29, 0.717) is 12.8 Å². The van der Waals surface area contributed by atoms with Gasteiger partial charge in [0.15, 0.2) is 0 Å². The molecule has 4 heteroatoms. The van der Waals surface area contributed by atoms with Gasteiger partial charge < -0.3 is 14.6 Å². The predicted octanol–water partition coefficient (Wildman–Crippen LogP) is 4.90. The van der Waals surface area contributed by atoms with Crippen LogP contribution in [0.15, 0.2) is 36.4 Å². The lowest BCUT2D eigenvalue weighted by Crippen LogP contribution is -2.05. The van der Waals surface area contributed by atoms with E-state index in [2.05, 4.69) is 26.0 Å². The zero-order chi connectivity index (χ0) is 18.4. The molecule has 0 aliphatic rings. The lowest BCUT2D eigenvalue weighted by atomic mass is 9.87. The van der Waals surface area contributed by atoms with Crippen molar-refractivity contribution in [3.05, 3.63) is 47.5 Å². The highest BCUT2D eigenvalue weighted by Crippen LogP contribution is 2.45. The minimum absolute atomic E-state index is 0.137. The van der Waals surface area contributed by atoms with Crippen molar-refractivity contribution < 1.29 is 19.4 Å². The molecule has 0 fully saturated rings. The van der Waals surface area contributed by atoms with E-state index < -0.39 is 5.97 Å². The van der Waals surface area contributed by atoms with Crippen molar-refractivity contribution in [2.45, 2.75) is 39.0 Å². The fraction of sp³-hybridized carbons (Fsp3) is 0.381.